The highest BCUT2D eigenvalue weighted by atomic mass is 16.5. The molecule has 0 spiro atoms. The van der Waals surface area contributed by atoms with Crippen LogP contribution in [0, 0.1) is 5.92 Å². The molecule has 0 aromatic rings. The Hall–Kier alpha value is -0.610. The molecule has 1 aliphatic heterocycles. The van der Waals surface area contributed by atoms with Crippen LogP contribution < -0.4 is 5.73 Å². The van der Waals surface area contributed by atoms with Gasteiger partial charge >= 0.3 is 0 Å². The van der Waals surface area contributed by atoms with Crippen LogP contribution in [-0.2, 0) is 9.53 Å². The van der Waals surface area contributed by atoms with Gasteiger partial charge in [0.25, 0.3) is 0 Å². The first kappa shape index (κ1) is 15.4. The number of rotatable bonds is 6. The summed E-state index contributed by atoms with van der Waals surface area (Å²) in [7, 11) is 1.69. The molecule has 0 radical (unpaired) electrons. The maximum absolute atomic E-state index is 12.2. The van der Waals surface area contributed by atoms with Crippen molar-refractivity contribution in [2.75, 3.05) is 20.2 Å². The maximum Gasteiger partial charge on any atom is 0.222 e. The molecule has 1 saturated heterocycles. The van der Waals surface area contributed by atoms with Crippen molar-refractivity contribution in [1.29, 1.82) is 0 Å². The van der Waals surface area contributed by atoms with Crippen LogP contribution >= 0.6 is 0 Å². The quantitative estimate of drug-likeness (QED) is 0.788. The van der Waals surface area contributed by atoms with Crippen LogP contribution in [0.25, 0.3) is 0 Å². The minimum Gasteiger partial charge on any atom is -0.382 e. The highest BCUT2D eigenvalue weighted by Crippen LogP contribution is 2.25. The van der Waals surface area contributed by atoms with Gasteiger partial charge in [-0.25, -0.2) is 0 Å². The van der Waals surface area contributed by atoms with Crippen molar-refractivity contribution in [2.45, 2.75) is 58.1 Å². The van der Waals surface area contributed by atoms with Gasteiger partial charge in [-0.3, -0.25) is 4.79 Å². The summed E-state index contributed by atoms with van der Waals surface area (Å²) in [5.41, 5.74) is 5.81. The largest absolute Gasteiger partial charge is 0.382 e. The van der Waals surface area contributed by atoms with Crippen molar-refractivity contribution in [3.63, 3.8) is 0 Å². The molecule has 1 rings (SSSR count). The van der Waals surface area contributed by atoms with Crippen LogP contribution in [0.3, 0.4) is 0 Å². The Bertz CT molecular complexity index is 258. The summed E-state index contributed by atoms with van der Waals surface area (Å²) in [4.78, 5) is 14.2. The fourth-order valence-electron chi connectivity index (χ4n) is 2.64. The molecule has 0 saturated carbocycles. The van der Waals surface area contributed by atoms with Gasteiger partial charge in [0.05, 0.1) is 6.10 Å². The third kappa shape index (κ3) is 4.25. The summed E-state index contributed by atoms with van der Waals surface area (Å²) in [5.74, 6) is 0.976. The summed E-state index contributed by atoms with van der Waals surface area (Å²) in [6.07, 6.45) is 4.90. The molecular formula is C14H28N2O2. The zero-order valence-corrected chi connectivity index (χ0v) is 12.0. The number of nitrogens with zero attached hydrogens (tertiary/aromatic N) is 1. The standard InChI is InChI=1S/C14H28N2O2/c1-4-12-7-8-16(13(9-12)10-15)14(17)6-5-11(2)18-3/h11-13H,4-10,15H2,1-3H3. The average molecular weight is 256 g/mol. The molecule has 2 N–H and O–H groups in total. The lowest BCUT2D eigenvalue weighted by molar-refractivity contribution is -0.136. The maximum atomic E-state index is 12.2. The number of piperidine rings is 1. The Kier molecular flexibility index (Phi) is 6.65. The molecule has 18 heavy (non-hydrogen) atoms. The van der Waals surface area contributed by atoms with Crippen LogP contribution in [0.4, 0.5) is 0 Å². The number of ether oxygens (including phenoxy) is 1. The number of amides is 1. The summed E-state index contributed by atoms with van der Waals surface area (Å²) < 4.78 is 5.18. The number of likely N-dealkylation sites (tertiary alicyclic amines) is 1. The lowest BCUT2D eigenvalue weighted by atomic mass is 9.88. The predicted molar refractivity (Wildman–Crippen MR) is 73.3 cm³/mol. The van der Waals surface area contributed by atoms with Gasteiger partial charge in [-0.2, -0.15) is 0 Å². The summed E-state index contributed by atoms with van der Waals surface area (Å²) >= 11 is 0. The van der Waals surface area contributed by atoms with Crippen molar-refractivity contribution < 1.29 is 9.53 Å². The summed E-state index contributed by atoms with van der Waals surface area (Å²) in [5, 5.41) is 0. The Morgan fingerprint density at radius 3 is 2.83 bits per heavy atom. The topological polar surface area (TPSA) is 55.6 Å². The summed E-state index contributed by atoms with van der Waals surface area (Å²) in [6, 6.07) is 0.244. The second-order valence-electron chi connectivity index (χ2n) is 5.36. The third-order valence-corrected chi connectivity index (χ3v) is 4.16. The van der Waals surface area contributed by atoms with Crippen LogP contribution in [0.15, 0.2) is 0 Å². The molecule has 0 bridgehead atoms. The van der Waals surface area contributed by atoms with Gasteiger partial charge < -0.3 is 15.4 Å². The lowest BCUT2D eigenvalue weighted by Gasteiger charge is -2.39. The molecule has 1 amide bonds. The van der Waals surface area contributed by atoms with E-state index < -0.39 is 0 Å². The molecule has 0 aromatic heterocycles. The average Bonchev–Trinajstić information content (AvgIpc) is 2.43. The molecule has 1 heterocycles. The SMILES string of the molecule is CCC1CCN(C(=O)CCC(C)OC)C(CN)C1. The van der Waals surface area contributed by atoms with Gasteiger partial charge in [0.1, 0.15) is 0 Å². The smallest absolute Gasteiger partial charge is 0.222 e. The fourth-order valence-corrected chi connectivity index (χ4v) is 2.64. The van der Waals surface area contributed by atoms with E-state index in [1.54, 1.807) is 7.11 Å². The van der Waals surface area contributed by atoms with E-state index in [9.17, 15) is 4.79 Å². The van der Waals surface area contributed by atoms with Gasteiger partial charge in [-0.15, -0.1) is 0 Å². The number of carbonyl (C=O) groups excluding carboxylic acids is 1. The monoisotopic (exact) mass is 256 g/mol. The normalized spacial score (nSPS) is 26.1. The third-order valence-electron chi connectivity index (χ3n) is 4.16. The molecule has 1 fully saturated rings. The van der Waals surface area contributed by atoms with Gasteiger partial charge in [0, 0.05) is 32.7 Å². The van der Waals surface area contributed by atoms with E-state index in [0.29, 0.717) is 13.0 Å². The van der Waals surface area contributed by atoms with Gasteiger partial charge in [-0.05, 0) is 32.1 Å². The van der Waals surface area contributed by atoms with E-state index in [4.69, 9.17) is 10.5 Å². The van der Waals surface area contributed by atoms with E-state index in [1.807, 2.05) is 11.8 Å². The lowest BCUT2D eigenvalue weighted by Crippen LogP contribution is -2.49. The van der Waals surface area contributed by atoms with Crippen molar-refractivity contribution >= 4 is 5.91 Å². The number of carbonyl (C=O) groups is 1. The second kappa shape index (κ2) is 7.74. The van der Waals surface area contributed by atoms with Gasteiger partial charge in [0.15, 0.2) is 0 Å². The van der Waals surface area contributed by atoms with Gasteiger partial charge in [0.2, 0.25) is 5.91 Å². The number of nitrogens with two attached hydrogens (primary N) is 1. The van der Waals surface area contributed by atoms with Crippen LogP contribution in [0.5, 0.6) is 0 Å². The van der Waals surface area contributed by atoms with Crippen molar-refractivity contribution in [3.05, 3.63) is 0 Å². The Balaban J connectivity index is 2.46. The first-order valence-corrected chi connectivity index (χ1v) is 7.14. The van der Waals surface area contributed by atoms with E-state index in [1.165, 1.54) is 6.42 Å². The van der Waals surface area contributed by atoms with E-state index in [0.717, 1.165) is 31.7 Å². The Morgan fingerprint density at radius 1 is 1.56 bits per heavy atom. The predicted octanol–water partition coefficient (Wildman–Crippen LogP) is 1.78. The Morgan fingerprint density at radius 2 is 2.28 bits per heavy atom. The molecule has 3 unspecified atom stereocenters. The Labute approximate surface area is 111 Å². The summed E-state index contributed by atoms with van der Waals surface area (Å²) in [6.45, 7) is 5.68. The molecule has 1 aliphatic rings. The highest BCUT2D eigenvalue weighted by molar-refractivity contribution is 5.76. The number of hydrogen-bond acceptors (Lipinski definition) is 3. The van der Waals surface area contributed by atoms with E-state index in [-0.39, 0.29) is 18.1 Å². The zero-order chi connectivity index (χ0) is 13.5. The van der Waals surface area contributed by atoms with E-state index in [2.05, 4.69) is 6.92 Å². The van der Waals surface area contributed by atoms with E-state index >= 15 is 0 Å². The zero-order valence-electron chi connectivity index (χ0n) is 12.0. The molecule has 4 nitrogen and oxygen atoms in total. The molecule has 106 valence electrons. The first-order valence-electron chi connectivity index (χ1n) is 7.14. The molecular weight excluding hydrogens is 228 g/mol. The fraction of sp³-hybridized carbons (Fsp3) is 0.929. The van der Waals surface area contributed by atoms with Crippen molar-refractivity contribution in [2.24, 2.45) is 11.7 Å². The number of methoxy groups -OCH3 is 1. The van der Waals surface area contributed by atoms with Crippen molar-refractivity contribution in [1.82, 2.24) is 4.90 Å². The minimum absolute atomic E-state index is 0.151. The van der Waals surface area contributed by atoms with Crippen LogP contribution in [0.1, 0.15) is 46.0 Å². The molecule has 0 aromatic carbocycles. The molecule has 0 aliphatic carbocycles. The first-order chi connectivity index (χ1) is 8.62. The van der Waals surface area contributed by atoms with Crippen molar-refractivity contribution in [3.8, 4) is 0 Å². The second-order valence-corrected chi connectivity index (χ2v) is 5.36. The van der Waals surface area contributed by atoms with Crippen LogP contribution in [0.2, 0.25) is 0 Å². The van der Waals surface area contributed by atoms with Crippen LogP contribution in [-0.4, -0.2) is 43.2 Å². The number of hydrogen-bond donors (Lipinski definition) is 1. The minimum atomic E-state index is 0.151. The molecule has 3 atom stereocenters. The van der Waals surface area contributed by atoms with Gasteiger partial charge in [-0.1, -0.05) is 13.3 Å². The highest BCUT2D eigenvalue weighted by Gasteiger charge is 2.29. The molecule has 4 heteroatoms.